The summed E-state index contributed by atoms with van der Waals surface area (Å²) in [4.78, 5) is 16.0. The number of amides is 1. The van der Waals surface area contributed by atoms with Crippen molar-refractivity contribution in [3.63, 3.8) is 0 Å². The van der Waals surface area contributed by atoms with Crippen LogP contribution >= 0.6 is 0 Å². The summed E-state index contributed by atoms with van der Waals surface area (Å²) in [7, 11) is 0. The summed E-state index contributed by atoms with van der Waals surface area (Å²) in [5, 5.41) is 2.53. The van der Waals surface area contributed by atoms with Crippen LogP contribution in [0.3, 0.4) is 0 Å². The number of hydrogen-bond acceptors (Lipinski definition) is 3. The fourth-order valence-corrected chi connectivity index (χ4v) is 2.01. The summed E-state index contributed by atoms with van der Waals surface area (Å²) < 4.78 is 0. The Labute approximate surface area is 94.6 Å². The van der Waals surface area contributed by atoms with E-state index in [0.29, 0.717) is 0 Å². The molecule has 0 spiro atoms. The Morgan fingerprint density at radius 2 is 1.81 bits per heavy atom. The maximum Gasteiger partial charge on any atom is 0.259 e. The van der Waals surface area contributed by atoms with E-state index < -0.39 is 5.54 Å². The van der Waals surface area contributed by atoms with Gasteiger partial charge in [0.1, 0.15) is 0 Å². The van der Waals surface area contributed by atoms with Gasteiger partial charge in [0.05, 0.1) is 0 Å². The van der Waals surface area contributed by atoms with E-state index in [-0.39, 0.29) is 11.9 Å². The van der Waals surface area contributed by atoms with Crippen LogP contribution in [0.1, 0.15) is 23.6 Å². The fourth-order valence-electron chi connectivity index (χ4n) is 2.01. The van der Waals surface area contributed by atoms with Crippen LogP contribution in [0.25, 0.3) is 0 Å². The number of nitrogens with zero attached hydrogens (tertiary/aromatic N) is 1. The maximum absolute atomic E-state index is 11.8. The van der Waals surface area contributed by atoms with E-state index in [0.717, 1.165) is 16.7 Å². The molecule has 3 N–H and O–H groups in total. The maximum atomic E-state index is 11.8. The smallest absolute Gasteiger partial charge is 0.259 e. The van der Waals surface area contributed by atoms with Gasteiger partial charge < -0.3 is 5.73 Å². The Balaban J connectivity index is 2.55. The van der Waals surface area contributed by atoms with Crippen LogP contribution in [-0.2, 0) is 10.3 Å². The average molecular weight is 217 g/mol. The lowest BCUT2D eigenvalue weighted by Gasteiger charge is -2.19. The normalized spacial score (nSPS) is 24.2. The summed E-state index contributed by atoms with van der Waals surface area (Å²) in [6.07, 6.45) is 0. The van der Waals surface area contributed by atoms with Crippen LogP contribution in [-0.4, -0.2) is 11.9 Å². The molecule has 0 fully saturated rings. The van der Waals surface area contributed by atoms with Gasteiger partial charge in [-0.05, 0) is 26.3 Å². The van der Waals surface area contributed by atoms with Crippen LogP contribution in [0.5, 0.6) is 0 Å². The lowest BCUT2D eigenvalue weighted by molar-refractivity contribution is -0.123. The second-order valence-corrected chi connectivity index (χ2v) is 4.40. The molecule has 1 aromatic rings. The standard InChI is InChI=1S/C12H15N3O/c1-7-4-8(2)6-9(5-7)12(3)10(16)14-11(13)15-12/h4-6H,1-3H3,(H3,13,14,15,16). The second-order valence-electron chi connectivity index (χ2n) is 4.40. The van der Waals surface area contributed by atoms with Gasteiger partial charge in [-0.25, -0.2) is 4.99 Å². The van der Waals surface area contributed by atoms with Gasteiger partial charge in [0.2, 0.25) is 0 Å². The Hall–Kier alpha value is -1.84. The molecule has 2 rings (SSSR count). The van der Waals surface area contributed by atoms with E-state index in [1.807, 2.05) is 26.0 Å². The van der Waals surface area contributed by atoms with Crippen molar-refractivity contribution in [2.24, 2.45) is 10.7 Å². The molecule has 4 nitrogen and oxygen atoms in total. The van der Waals surface area contributed by atoms with E-state index in [1.165, 1.54) is 0 Å². The molecule has 1 unspecified atom stereocenters. The number of benzene rings is 1. The van der Waals surface area contributed by atoms with Gasteiger partial charge in [-0.1, -0.05) is 29.3 Å². The highest BCUT2D eigenvalue weighted by atomic mass is 16.2. The highest BCUT2D eigenvalue weighted by Crippen LogP contribution is 2.29. The summed E-state index contributed by atoms with van der Waals surface area (Å²) >= 11 is 0. The molecule has 1 aliphatic heterocycles. The van der Waals surface area contributed by atoms with Crippen LogP contribution in [0.4, 0.5) is 0 Å². The number of carbonyl (C=O) groups is 1. The van der Waals surface area contributed by atoms with Crippen molar-refractivity contribution in [3.05, 3.63) is 34.9 Å². The number of guanidine groups is 1. The zero-order chi connectivity index (χ0) is 11.9. The molecule has 84 valence electrons. The summed E-state index contributed by atoms with van der Waals surface area (Å²) in [6, 6.07) is 6.00. The van der Waals surface area contributed by atoms with E-state index in [1.54, 1.807) is 6.92 Å². The molecule has 1 amide bonds. The van der Waals surface area contributed by atoms with Gasteiger partial charge in [-0.3, -0.25) is 10.1 Å². The minimum atomic E-state index is -0.888. The van der Waals surface area contributed by atoms with Crippen molar-refractivity contribution < 1.29 is 4.79 Å². The van der Waals surface area contributed by atoms with Crippen LogP contribution in [0.2, 0.25) is 0 Å². The Bertz CT molecular complexity index is 473. The monoisotopic (exact) mass is 217 g/mol. The zero-order valence-corrected chi connectivity index (χ0v) is 9.66. The molecule has 0 radical (unpaired) electrons. The molecule has 1 heterocycles. The predicted octanol–water partition coefficient (Wildman–Crippen LogP) is 0.963. The third kappa shape index (κ3) is 1.56. The topological polar surface area (TPSA) is 67.5 Å². The third-order valence-corrected chi connectivity index (χ3v) is 2.81. The SMILES string of the molecule is Cc1cc(C)cc(C2(C)N=C(N)NC2=O)c1. The lowest BCUT2D eigenvalue weighted by Crippen LogP contribution is -2.37. The first kappa shape index (κ1) is 10.7. The molecule has 0 bridgehead atoms. The molecule has 1 aromatic carbocycles. The van der Waals surface area contributed by atoms with Crippen LogP contribution < -0.4 is 11.1 Å². The number of aryl methyl sites for hydroxylation is 2. The minimum absolute atomic E-state index is 0.171. The molecule has 0 saturated carbocycles. The second kappa shape index (κ2) is 3.33. The number of aliphatic imine (C=N–C) groups is 1. The zero-order valence-electron chi connectivity index (χ0n) is 9.66. The van der Waals surface area contributed by atoms with Crippen molar-refractivity contribution in [1.82, 2.24) is 5.32 Å². The van der Waals surface area contributed by atoms with Gasteiger partial charge in [0.25, 0.3) is 5.91 Å². The van der Waals surface area contributed by atoms with Crippen molar-refractivity contribution in [2.45, 2.75) is 26.3 Å². The first-order valence-corrected chi connectivity index (χ1v) is 5.17. The highest BCUT2D eigenvalue weighted by Gasteiger charge is 2.40. The molecule has 1 aliphatic rings. The molecule has 1 atom stereocenters. The summed E-state index contributed by atoms with van der Waals surface area (Å²) in [5.74, 6) is 0.0154. The number of nitrogens with one attached hydrogen (secondary N) is 1. The first-order valence-electron chi connectivity index (χ1n) is 5.17. The Morgan fingerprint density at radius 3 is 2.25 bits per heavy atom. The van der Waals surface area contributed by atoms with Gasteiger partial charge in [-0.2, -0.15) is 0 Å². The van der Waals surface area contributed by atoms with E-state index in [4.69, 9.17) is 5.73 Å². The molecule has 16 heavy (non-hydrogen) atoms. The van der Waals surface area contributed by atoms with Crippen LogP contribution in [0, 0.1) is 13.8 Å². The largest absolute Gasteiger partial charge is 0.370 e. The first-order chi connectivity index (χ1) is 7.41. The number of rotatable bonds is 1. The molecule has 4 heteroatoms. The number of hydrogen-bond donors (Lipinski definition) is 2. The Morgan fingerprint density at radius 1 is 1.25 bits per heavy atom. The molecule has 0 aromatic heterocycles. The van der Waals surface area contributed by atoms with Gasteiger partial charge in [-0.15, -0.1) is 0 Å². The van der Waals surface area contributed by atoms with Gasteiger partial charge in [0, 0.05) is 0 Å². The molecule has 0 aliphatic carbocycles. The molecular formula is C12H15N3O. The van der Waals surface area contributed by atoms with Crippen LogP contribution in [0.15, 0.2) is 23.2 Å². The number of carbonyl (C=O) groups excluding carboxylic acids is 1. The number of nitrogens with two attached hydrogens (primary N) is 1. The summed E-state index contributed by atoms with van der Waals surface area (Å²) in [5.41, 5.74) is 7.75. The van der Waals surface area contributed by atoms with E-state index in [9.17, 15) is 4.79 Å². The van der Waals surface area contributed by atoms with Crippen molar-refractivity contribution in [1.29, 1.82) is 0 Å². The van der Waals surface area contributed by atoms with E-state index in [2.05, 4.69) is 16.4 Å². The molecular weight excluding hydrogens is 202 g/mol. The summed E-state index contributed by atoms with van der Waals surface area (Å²) in [6.45, 7) is 5.77. The van der Waals surface area contributed by atoms with Crippen molar-refractivity contribution >= 4 is 11.9 Å². The van der Waals surface area contributed by atoms with Crippen molar-refractivity contribution in [3.8, 4) is 0 Å². The Kier molecular flexibility index (Phi) is 2.22. The lowest BCUT2D eigenvalue weighted by atomic mass is 9.90. The minimum Gasteiger partial charge on any atom is -0.370 e. The van der Waals surface area contributed by atoms with Crippen molar-refractivity contribution in [2.75, 3.05) is 0 Å². The molecule has 0 saturated heterocycles. The van der Waals surface area contributed by atoms with Gasteiger partial charge in [0.15, 0.2) is 11.5 Å². The average Bonchev–Trinajstić information content (AvgIpc) is 2.40. The highest BCUT2D eigenvalue weighted by molar-refractivity contribution is 6.06. The van der Waals surface area contributed by atoms with E-state index >= 15 is 0 Å². The fraction of sp³-hybridized carbons (Fsp3) is 0.333. The van der Waals surface area contributed by atoms with Gasteiger partial charge >= 0.3 is 0 Å². The third-order valence-electron chi connectivity index (χ3n) is 2.81. The quantitative estimate of drug-likeness (QED) is 0.735. The predicted molar refractivity (Wildman–Crippen MR) is 63.0 cm³/mol.